The van der Waals surface area contributed by atoms with Gasteiger partial charge in [-0.15, -0.1) is 0 Å². The molecule has 2 heterocycles. The van der Waals surface area contributed by atoms with Gasteiger partial charge in [0.25, 0.3) is 5.91 Å². The van der Waals surface area contributed by atoms with Gasteiger partial charge in [0.2, 0.25) is 10.0 Å². The molecular formula is C24H29FN4O4S. The minimum absolute atomic E-state index is 0.100. The Balaban J connectivity index is 1.47. The molecule has 0 spiro atoms. The first kappa shape index (κ1) is 24.2. The van der Waals surface area contributed by atoms with Gasteiger partial charge < -0.3 is 16.0 Å². The summed E-state index contributed by atoms with van der Waals surface area (Å²) >= 11 is 0. The van der Waals surface area contributed by atoms with Crippen LogP contribution in [-0.4, -0.2) is 54.7 Å². The van der Waals surface area contributed by atoms with Gasteiger partial charge in [0.05, 0.1) is 0 Å². The van der Waals surface area contributed by atoms with Crippen LogP contribution in [0.5, 0.6) is 0 Å². The minimum Gasteiger partial charge on any atom is -0.351 e. The lowest BCUT2D eigenvalue weighted by Gasteiger charge is -2.37. The summed E-state index contributed by atoms with van der Waals surface area (Å²) in [6.45, 7) is 2.50. The fourth-order valence-corrected chi connectivity index (χ4v) is 6.87. The third-order valence-electron chi connectivity index (χ3n) is 6.67. The molecule has 2 saturated heterocycles. The summed E-state index contributed by atoms with van der Waals surface area (Å²) in [6.07, 6.45) is 1.76. The first-order chi connectivity index (χ1) is 16.2. The monoisotopic (exact) mass is 488 g/mol. The quantitative estimate of drug-likeness (QED) is 0.674. The largest absolute Gasteiger partial charge is 0.351 e. The van der Waals surface area contributed by atoms with E-state index in [1.807, 2.05) is 25.1 Å². The van der Waals surface area contributed by atoms with Crippen molar-refractivity contribution in [1.29, 1.82) is 0 Å². The Morgan fingerprint density at radius 3 is 2.50 bits per heavy atom. The van der Waals surface area contributed by atoms with Crippen LogP contribution < -0.4 is 11.1 Å². The minimum atomic E-state index is -3.69. The number of halogens is 1. The number of primary amides is 1. The topological polar surface area (TPSA) is 113 Å². The van der Waals surface area contributed by atoms with Crippen molar-refractivity contribution in [3.63, 3.8) is 0 Å². The summed E-state index contributed by atoms with van der Waals surface area (Å²) in [7, 11) is -3.69. The van der Waals surface area contributed by atoms with Crippen molar-refractivity contribution in [2.75, 3.05) is 13.1 Å². The summed E-state index contributed by atoms with van der Waals surface area (Å²) in [4.78, 5) is 25.3. The van der Waals surface area contributed by atoms with E-state index in [-0.39, 0.29) is 29.8 Å². The summed E-state index contributed by atoms with van der Waals surface area (Å²) in [5.41, 5.74) is 6.34. The Morgan fingerprint density at radius 1 is 1.12 bits per heavy atom. The standard InChI is InChI=1S/C24H29FN4O4S/c1-16-7-10-22(17-5-3-2-4-6-17)34(32,33)29(16)14-19-9-8-18(13-21(19)25)23(30)27-20-11-12-28(15-20)24(26)31/h2-6,8-9,13,16,20,22H,7,10-12,14-15H2,1H3,(H2,26,31)(H,27,30)/t16-,20+,22?/m0/s1. The van der Waals surface area contributed by atoms with Gasteiger partial charge in [0.15, 0.2) is 0 Å². The third-order valence-corrected chi connectivity index (χ3v) is 9.04. The predicted octanol–water partition coefficient (Wildman–Crippen LogP) is 2.76. The Morgan fingerprint density at radius 2 is 1.85 bits per heavy atom. The van der Waals surface area contributed by atoms with E-state index in [9.17, 15) is 22.4 Å². The van der Waals surface area contributed by atoms with Gasteiger partial charge in [-0.05, 0) is 43.9 Å². The molecule has 4 rings (SSSR count). The van der Waals surface area contributed by atoms with Crippen LogP contribution in [0.4, 0.5) is 9.18 Å². The number of hydrogen-bond acceptors (Lipinski definition) is 4. The van der Waals surface area contributed by atoms with Crippen molar-refractivity contribution in [3.8, 4) is 0 Å². The Kier molecular flexibility index (Phi) is 6.90. The molecule has 0 bridgehead atoms. The van der Waals surface area contributed by atoms with Gasteiger partial charge in [0.1, 0.15) is 11.1 Å². The number of amides is 3. The lowest BCUT2D eigenvalue weighted by molar-refractivity contribution is 0.0937. The first-order valence-corrected chi connectivity index (χ1v) is 12.9. The summed E-state index contributed by atoms with van der Waals surface area (Å²) in [5, 5.41) is 2.13. The van der Waals surface area contributed by atoms with E-state index in [1.165, 1.54) is 21.3 Å². The molecule has 2 aromatic rings. The summed E-state index contributed by atoms with van der Waals surface area (Å²) in [5.74, 6) is -1.09. The molecule has 2 fully saturated rings. The number of hydrogen-bond donors (Lipinski definition) is 2. The first-order valence-electron chi connectivity index (χ1n) is 11.4. The molecule has 1 unspecified atom stereocenters. The number of nitrogens with one attached hydrogen (secondary N) is 1. The Bertz CT molecular complexity index is 1170. The van der Waals surface area contributed by atoms with Gasteiger partial charge in [-0.3, -0.25) is 4.79 Å². The average Bonchev–Trinajstić information content (AvgIpc) is 3.26. The van der Waals surface area contributed by atoms with Gasteiger partial charge in [-0.1, -0.05) is 36.4 Å². The number of benzene rings is 2. The molecule has 3 amide bonds. The molecule has 2 aliphatic rings. The van der Waals surface area contributed by atoms with E-state index >= 15 is 0 Å². The number of sulfonamides is 1. The molecule has 34 heavy (non-hydrogen) atoms. The van der Waals surface area contributed by atoms with Crippen molar-refractivity contribution in [2.45, 2.75) is 50.1 Å². The number of carbonyl (C=O) groups excluding carboxylic acids is 2. The van der Waals surface area contributed by atoms with E-state index < -0.39 is 33.0 Å². The highest BCUT2D eigenvalue weighted by Gasteiger charge is 2.40. The highest BCUT2D eigenvalue weighted by atomic mass is 32.2. The van der Waals surface area contributed by atoms with Crippen LogP contribution in [0, 0.1) is 5.82 Å². The van der Waals surface area contributed by atoms with E-state index in [1.54, 1.807) is 12.1 Å². The van der Waals surface area contributed by atoms with Crippen LogP contribution in [-0.2, 0) is 16.6 Å². The zero-order valence-electron chi connectivity index (χ0n) is 19.0. The molecular weight excluding hydrogens is 459 g/mol. The van der Waals surface area contributed by atoms with Crippen LogP contribution in [0.25, 0.3) is 0 Å². The number of urea groups is 1. The van der Waals surface area contributed by atoms with Gasteiger partial charge in [-0.25, -0.2) is 17.6 Å². The molecule has 3 atom stereocenters. The normalized spacial score (nSPS) is 24.6. The lowest BCUT2D eigenvalue weighted by Crippen LogP contribution is -2.44. The van der Waals surface area contributed by atoms with Gasteiger partial charge >= 0.3 is 6.03 Å². The second kappa shape index (κ2) is 9.71. The molecule has 10 heteroatoms. The van der Waals surface area contributed by atoms with Crippen LogP contribution >= 0.6 is 0 Å². The van der Waals surface area contributed by atoms with Crippen molar-refractivity contribution < 1.29 is 22.4 Å². The average molecular weight is 489 g/mol. The van der Waals surface area contributed by atoms with Crippen LogP contribution in [0.1, 0.15) is 52.9 Å². The van der Waals surface area contributed by atoms with Crippen molar-refractivity contribution in [1.82, 2.24) is 14.5 Å². The van der Waals surface area contributed by atoms with Crippen molar-refractivity contribution in [2.24, 2.45) is 5.73 Å². The fourth-order valence-electron chi connectivity index (χ4n) is 4.68. The SMILES string of the molecule is C[C@H]1CCC(c2ccccc2)S(=O)(=O)N1Cc1ccc(C(=O)N[C@@H]2CCN(C(N)=O)C2)cc1F. The van der Waals surface area contributed by atoms with Crippen molar-refractivity contribution in [3.05, 3.63) is 71.0 Å². The molecule has 2 aromatic carbocycles. The zero-order valence-corrected chi connectivity index (χ0v) is 19.8. The van der Waals surface area contributed by atoms with Gasteiger partial charge in [-0.2, -0.15) is 4.31 Å². The predicted molar refractivity (Wildman–Crippen MR) is 126 cm³/mol. The summed E-state index contributed by atoms with van der Waals surface area (Å²) < 4.78 is 43.1. The number of nitrogens with two attached hydrogens (primary N) is 1. The van der Waals surface area contributed by atoms with E-state index in [2.05, 4.69) is 5.32 Å². The highest BCUT2D eigenvalue weighted by molar-refractivity contribution is 7.89. The Hall–Kier alpha value is -2.98. The molecule has 3 N–H and O–H groups in total. The highest BCUT2D eigenvalue weighted by Crippen LogP contribution is 2.38. The zero-order chi connectivity index (χ0) is 24.5. The van der Waals surface area contributed by atoms with E-state index in [4.69, 9.17) is 5.73 Å². The maximum Gasteiger partial charge on any atom is 0.314 e. The third kappa shape index (κ3) is 4.92. The second-order valence-corrected chi connectivity index (χ2v) is 11.0. The smallest absolute Gasteiger partial charge is 0.314 e. The lowest BCUT2D eigenvalue weighted by atomic mass is 10.0. The molecule has 8 nitrogen and oxygen atoms in total. The van der Waals surface area contributed by atoms with E-state index in [0.717, 1.165) is 11.6 Å². The number of rotatable bonds is 5. The van der Waals surface area contributed by atoms with Crippen molar-refractivity contribution >= 4 is 22.0 Å². The Labute approximate surface area is 199 Å². The van der Waals surface area contributed by atoms with Crippen LogP contribution in [0.15, 0.2) is 48.5 Å². The van der Waals surface area contributed by atoms with Crippen LogP contribution in [0.3, 0.4) is 0 Å². The number of nitrogens with zero attached hydrogens (tertiary/aromatic N) is 2. The van der Waals surface area contributed by atoms with E-state index in [0.29, 0.717) is 32.4 Å². The van der Waals surface area contributed by atoms with Crippen LogP contribution in [0.2, 0.25) is 0 Å². The second-order valence-electron chi connectivity index (χ2n) is 8.97. The fraction of sp³-hybridized carbons (Fsp3) is 0.417. The maximum atomic E-state index is 15.0. The maximum absolute atomic E-state index is 15.0. The molecule has 0 saturated carbocycles. The van der Waals surface area contributed by atoms with Gasteiger partial charge in [0, 0.05) is 42.8 Å². The molecule has 2 aliphatic heterocycles. The number of likely N-dealkylation sites (tertiary alicyclic amines) is 1. The molecule has 0 radical (unpaired) electrons. The molecule has 0 aliphatic carbocycles. The summed E-state index contributed by atoms with van der Waals surface area (Å²) in [6, 6.07) is 12.1. The number of carbonyl (C=O) groups is 2. The molecule has 182 valence electrons. The molecule has 0 aromatic heterocycles.